The minimum Gasteiger partial charge on any atom is -0.508 e. The second-order valence-corrected chi connectivity index (χ2v) is 4.61. The van der Waals surface area contributed by atoms with Crippen LogP contribution in [0.25, 0.3) is 0 Å². The Kier molecular flexibility index (Phi) is 2.95. The highest BCUT2D eigenvalue weighted by Crippen LogP contribution is 2.31. The van der Waals surface area contributed by atoms with Crippen LogP contribution in [0.2, 0.25) is 5.02 Å². The maximum Gasteiger partial charge on any atom is 0.120 e. The summed E-state index contributed by atoms with van der Waals surface area (Å²) >= 11 is 7.42. The van der Waals surface area contributed by atoms with Gasteiger partial charge in [0.2, 0.25) is 0 Å². The van der Waals surface area contributed by atoms with Gasteiger partial charge in [-0.2, -0.15) is 0 Å². The summed E-state index contributed by atoms with van der Waals surface area (Å²) in [6.07, 6.45) is 0. The number of phenolic OH excluding ortho intramolecular Hbond substituents is 1. The highest BCUT2D eigenvalue weighted by atomic mass is 35.5. The van der Waals surface area contributed by atoms with Gasteiger partial charge in [0.25, 0.3) is 0 Å². The van der Waals surface area contributed by atoms with Crippen molar-refractivity contribution in [1.29, 1.82) is 0 Å². The van der Waals surface area contributed by atoms with Gasteiger partial charge in [-0.15, -0.1) is 11.3 Å². The lowest BCUT2D eigenvalue weighted by Crippen LogP contribution is -2.10. The van der Waals surface area contributed by atoms with E-state index >= 15 is 0 Å². The number of aromatic hydroxyl groups is 1. The third kappa shape index (κ3) is 2.15. The molecule has 1 heterocycles. The van der Waals surface area contributed by atoms with Crippen LogP contribution in [0.5, 0.6) is 5.75 Å². The van der Waals surface area contributed by atoms with Crippen LogP contribution in [-0.4, -0.2) is 5.11 Å². The van der Waals surface area contributed by atoms with Crippen LogP contribution >= 0.6 is 22.9 Å². The molecule has 0 radical (unpaired) electrons. The minimum atomic E-state index is -0.316. The fraction of sp³-hybridized carbons (Fsp3) is 0.0909. The summed E-state index contributed by atoms with van der Waals surface area (Å²) in [5, 5.41) is 12.2. The Bertz CT molecular complexity index is 456. The lowest BCUT2D eigenvalue weighted by Gasteiger charge is -2.12. The summed E-state index contributed by atoms with van der Waals surface area (Å²) in [7, 11) is 0. The molecule has 78 valence electrons. The van der Waals surface area contributed by atoms with Gasteiger partial charge in [-0.05, 0) is 29.6 Å². The second kappa shape index (κ2) is 4.23. The van der Waals surface area contributed by atoms with E-state index in [-0.39, 0.29) is 11.8 Å². The van der Waals surface area contributed by atoms with Gasteiger partial charge < -0.3 is 10.8 Å². The number of phenols is 1. The van der Waals surface area contributed by atoms with Crippen LogP contribution in [0.15, 0.2) is 35.7 Å². The molecule has 1 atom stereocenters. The maximum atomic E-state index is 9.67. The summed E-state index contributed by atoms with van der Waals surface area (Å²) in [5.74, 6) is 0.181. The van der Waals surface area contributed by atoms with Crippen molar-refractivity contribution in [2.75, 3.05) is 0 Å². The van der Waals surface area contributed by atoms with E-state index in [4.69, 9.17) is 17.3 Å². The lowest BCUT2D eigenvalue weighted by atomic mass is 10.1. The summed E-state index contributed by atoms with van der Waals surface area (Å²) in [6, 6.07) is 8.45. The van der Waals surface area contributed by atoms with Crippen LogP contribution in [0, 0.1) is 0 Å². The molecule has 0 saturated heterocycles. The molecule has 0 aliphatic heterocycles. The van der Waals surface area contributed by atoms with Gasteiger partial charge in [-0.1, -0.05) is 17.7 Å². The number of nitrogens with two attached hydrogens (primary N) is 1. The van der Waals surface area contributed by atoms with Crippen molar-refractivity contribution < 1.29 is 5.11 Å². The molecule has 0 spiro atoms. The number of thiophene rings is 1. The van der Waals surface area contributed by atoms with Gasteiger partial charge in [0.05, 0.1) is 6.04 Å². The average molecular weight is 240 g/mol. The largest absolute Gasteiger partial charge is 0.508 e. The van der Waals surface area contributed by atoms with E-state index in [9.17, 15) is 5.11 Å². The fourth-order valence-electron chi connectivity index (χ4n) is 1.40. The van der Waals surface area contributed by atoms with Gasteiger partial charge in [0, 0.05) is 15.5 Å². The van der Waals surface area contributed by atoms with E-state index in [2.05, 4.69) is 0 Å². The number of halogens is 1. The zero-order valence-electron chi connectivity index (χ0n) is 7.85. The SMILES string of the molecule is N[C@H](c1cccs1)c1cc(Cl)ccc1O. The highest BCUT2D eigenvalue weighted by Gasteiger charge is 2.14. The quantitative estimate of drug-likeness (QED) is 0.846. The molecule has 3 N–H and O–H groups in total. The molecule has 0 amide bonds. The summed E-state index contributed by atoms with van der Waals surface area (Å²) in [6.45, 7) is 0. The maximum absolute atomic E-state index is 9.67. The molecule has 0 fully saturated rings. The van der Waals surface area contributed by atoms with Crippen molar-refractivity contribution in [3.63, 3.8) is 0 Å². The Morgan fingerprint density at radius 3 is 2.80 bits per heavy atom. The van der Waals surface area contributed by atoms with E-state index in [1.807, 2.05) is 17.5 Å². The molecule has 0 aliphatic carbocycles. The van der Waals surface area contributed by atoms with Gasteiger partial charge in [0.15, 0.2) is 0 Å². The summed E-state index contributed by atoms with van der Waals surface area (Å²) in [4.78, 5) is 1.01. The predicted molar refractivity (Wildman–Crippen MR) is 63.5 cm³/mol. The van der Waals surface area contributed by atoms with E-state index in [0.29, 0.717) is 10.6 Å². The normalized spacial score (nSPS) is 12.7. The molecule has 0 bridgehead atoms. The van der Waals surface area contributed by atoms with Gasteiger partial charge >= 0.3 is 0 Å². The first kappa shape index (κ1) is 10.5. The Morgan fingerprint density at radius 2 is 2.13 bits per heavy atom. The van der Waals surface area contributed by atoms with E-state index in [1.165, 1.54) is 0 Å². The molecule has 0 unspecified atom stereocenters. The van der Waals surface area contributed by atoms with E-state index < -0.39 is 0 Å². The first-order chi connectivity index (χ1) is 7.18. The van der Waals surface area contributed by atoms with Crippen molar-refractivity contribution in [3.05, 3.63) is 51.2 Å². The van der Waals surface area contributed by atoms with Gasteiger partial charge in [-0.25, -0.2) is 0 Å². The molecule has 1 aromatic carbocycles. The van der Waals surface area contributed by atoms with Crippen LogP contribution < -0.4 is 5.73 Å². The molecule has 4 heteroatoms. The summed E-state index contributed by atoms with van der Waals surface area (Å²) < 4.78 is 0. The predicted octanol–water partition coefficient (Wildman–Crippen LogP) is 3.16. The van der Waals surface area contributed by atoms with Crippen molar-refractivity contribution in [2.45, 2.75) is 6.04 Å². The molecule has 2 rings (SSSR count). The first-order valence-corrected chi connectivity index (χ1v) is 5.71. The molecular weight excluding hydrogens is 230 g/mol. The van der Waals surface area contributed by atoms with Gasteiger partial charge in [0.1, 0.15) is 5.75 Å². The van der Waals surface area contributed by atoms with E-state index in [1.54, 1.807) is 29.5 Å². The molecule has 0 aliphatic rings. The van der Waals surface area contributed by atoms with Crippen LogP contribution in [-0.2, 0) is 0 Å². The standard InChI is InChI=1S/C11H10ClNOS/c12-7-3-4-9(14)8(6-7)11(13)10-2-1-5-15-10/h1-6,11,14H,13H2/t11-/m0/s1. The van der Waals surface area contributed by atoms with Crippen molar-refractivity contribution in [1.82, 2.24) is 0 Å². The number of benzene rings is 1. The molecule has 2 aromatic rings. The molecule has 15 heavy (non-hydrogen) atoms. The average Bonchev–Trinajstić information content (AvgIpc) is 2.74. The first-order valence-electron chi connectivity index (χ1n) is 4.46. The van der Waals surface area contributed by atoms with Crippen molar-refractivity contribution in [2.24, 2.45) is 5.73 Å². The molecule has 0 saturated carbocycles. The topological polar surface area (TPSA) is 46.2 Å². The Labute approximate surface area is 96.9 Å². The zero-order chi connectivity index (χ0) is 10.8. The fourth-order valence-corrected chi connectivity index (χ4v) is 2.32. The molecular formula is C11H10ClNOS. The second-order valence-electron chi connectivity index (χ2n) is 3.20. The van der Waals surface area contributed by atoms with Crippen molar-refractivity contribution in [3.8, 4) is 5.75 Å². The number of hydrogen-bond acceptors (Lipinski definition) is 3. The molecule has 1 aromatic heterocycles. The molecule has 2 nitrogen and oxygen atoms in total. The van der Waals surface area contributed by atoms with Crippen LogP contribution in [0.4, 0.5) is 0 Å². The third-order valence-corrected chi connectivity index (χ3v) is 3.36. The zero-order valence-corrected chi connectivity index (χ0v) is 9.42. The minimum absolute atomic E-state index is 0.181. The summed E-state index contributed by atoms with van der Waals surface area (Å²) in [5.41, 5.74) is 6.68. The number of rotatable bonds is 2. The lowest BCUT2D eigenvalue weighted by molar-refractivity contribution is 0.465. The smallest absolute Gasteiger partial charge is 0.120 e. The van der Waals surface area contributed by atoms with Gasteiger partial charge in [-0.3, -0.25) is 0 Å². The van der Waals surface area contributed by atoms with Crippen LogP contribution in [0.3, 0.4) is 0 Å². The highest BCUT2D eigenvalue weighted by molar-refractivity contribution is 7.10. The Balaban J connectivity index is 2.41. The Morgan fingerprint density at radius 1 is 1.33 bits per heavy atom. The Hall–Kier alpha value is -1.03. The van der Waals surface area contributed by atoms with E-state index in [0.717, 1.165) is 4.88 Å². The third-order valence-electron chi connectivity index (χ3n) is 2.17. The monoisotopic (exact) mass is 239 g/mol. The number of hydrogen-bond donors (Lipinski definition) is 2. The van der Waals surface area contributed by atoms with Crippen molar-refractivity contribution >= 4 is 22.9 Å². The van der Waals surface area contributed by atoms with Crippen LogP contribution in [0.1, 0.15) is 16.5 Å².